The van der Waals surface area contributed by atoms with Crippen LogP contribution >= 0.6 is 0 Å². The highest BCUT2D eigenvalue weighted by Crippen LogP contribution is 2.63. The third kappa shape index (κ3) is 6.64. The number of aryl methyl sites for hydroxylation is 1. The molecule has 4 heteroatoms. The fourth-order valence-electron chi connectivity index (χ4n) is 17.1. The number of benzene rings is 7. The molecule has 3 heterocycles. The first-order valence-electron chi connectivity index (χ1n) is 30.1. The Hall–Kier alpha value is -6.00. The Bertz CT molecular complexity index is 3740. The second kappa shape index (κ2) is 15.9. The van der Waals surface area contributed by atoms with Crippen LogP contribution in [-0.2, 0) is 37.9 Å². The van der Waals surface area contributed by atoms with E-state index < -0.39 is 0 Å². The molecule has 3 aliphatic heterocycles. The summed E-state index contributed by atoms with van der Waals surface area (Å²) in [5.41, 5.74) is 30.6. The third-order valence-corrected chi connectivity index (χ3v) is 22.3. The zero-order valence-electron chi connectivity index (χ0n) is 50.1. The monoisotopic (exact) mass is 1030 g/mol. The summed E-state index contributed by atoms with van der Waals surface area (Å²) >= 11 is 0. The molecule has 0 spiro atoms. The summed E-state index contributed by atoms with van der Waals surface area (Å²) < 4.78 is 0. The van der Waals surface area contributed by atoms with Crippen molar-refractivity contribution < 1.29 is 0 Å². The van der Waals surface area contributed by atoms with Crippen molar-refractivity contribution in [1.29, 1.82) is 0 Å². The average molecular weight is 1030 g/mol. The smallest absolute Gasteiger partial charge is 0.252 e. The molecule has 0 aromatic heterocycles. The van der Waals surface area contributed by atoms with Crippen LogP contribution in [0.2, 0.25) is 0 Å². The molecule has 78 heavy (non-hydrogen) atoms. The number of hydrogen-bond donors (Lipinski definition) is 0. The molecule has 0 amide bonds. The van der Waals surface area contributed by atoms with Crippen LogP contribution in [0.1, 0.15) is 205 Å². The highest BCUT2D eigenvalue weighted by Gasteiger charge is 2.58. The van der Waals surface area contributed by atoms with Crippen molar-refractivity contribution in [1.82, 2.24) is 0 Å². The van der Waals surface area contributed by atoms with Crippen molar-refractivity contribution >= 4 is 68.6 Å². The lowest BCUT2D eigenvalue weighted by atomic mass is 9.33. The van der Waals surface area contributed by atoms with Crippen LogP contribution in [0, 0.1) is 6.92 Å². The maximum absolute atomic E-state index is 2.83. The minimum absolute atomic E-state index is 0.0116. The highest BCUT2D eigenvalue weighted by atomic mass is 15.3. The topological polar surface area (TPSA) is 9.72 Å². The lowest BCUT2D eigenvalue weighted by molar-refractivity contribution is 0.195. The molecule has 4 aliphatic carbocycles. The van der Waals surface area contributed by atoms with Gasteiger partial charge in [0.2, 0.25) is 0 Å². The lowest BCUT2D eigenvalue weighted by Gasteiger charge is -2.51. The van der Waals surface area contributed by atoms with E-state index >= 15 is 0 Å². The van der Waals surface area contributed by atoms with Gasteiger partial charge in [0.05, 0.1) is 11.2 Å². The van der Waals surface area contributed by atoms with Crippen molar-refractivity contribution in [2.45, 2.75) is 206 Å². The predicted octanol–water partition coefficient (Wildman–Crippen LogP) is 18.1. The third-order valence-electron chi connectivity index (χ3n) is 22.3. The standard InChI is InChI=1S/C74H84BN3/c1-45-38-63-66-64(39-45)77(60-25-21-24-52-65(60)49-22-17-18-23-50(49)72(52,13)14)61-42-48(78-59-31-26-46(67(2,3)4)40-56(59)73(15)32-19-20-33-74(73,78)16)28-30-57(61)75(66)58-43-54-55(71(11,12)37-36-70(54,9)10)44-62(58)76(63)47-27-29-51-53(41-47)69(7,8)35-34-68(51,5)6/h17-18,21-31,38-44H,19-20,32-37H2,1-16H3. The Morgan fingerprint density at radius 2 is 1.03 bits per heavy atom. The van der Waals surface area contributed by atoms with Crippen molar-refractivity contribution in [2.75, 3.05) is 14.7 Å². The largest absolute Gasteiger partial charge is 0.334 e. The first-order chi connectivity index (χ1) is 36.7. The summed E-state index contributed by atoms with van der Waals surface area (Å²) in [6, 6.07) is 49.9. The van der Waals surface area contributed by atoms with E-state index in [0.717, 1.165) is 6.42 Å². The predicted molar refractivity (Wildman–Crippen MR) is 335 cm³/mol. The SMILES string of the molecule is Cc1cc2c3c(c1)N(c1cccc4c1-c1ccccc1C4(C)C)c1cc(N4c5ccc(C(C)(C)C)cc5C5(C)CCCCC45C)ccc1B3c1cc3c(cc1N2c1ccc2c(c1)C(C)(C)CCC2(C)C)C(C)(C)CCC3(C)C. The van der Waals surface area contributed by atoms with Crippen molar-refractivity contribution in [3.05, 3.63) is 171 Å². The van der Waals surface area contributed by atoms with Gasteiger partial charge in [-0.3, -0.25) is 0 Å². The fraction of sp³-hybridized carbons (Fsp3) is 0.432. The van der Waals surface area contributed by atoms with Gasteiger partial charge < -0.3 is 14.7 Å². The maximum Gasteiger partial charge on any atom is 0.252 e. The Morgan fingerprint density at radius 1 is 0.423 bits per heavy atom. The molecule has 2 atom stereocenters. The normalized spacial score (nSPS) is 23.7. The number of rotatable bonds is 3. The molecule has 1 fully saturated rings. The van der Waals surface area contributed by atoms with Crippen LogP contribution in [0.5, 0.6) is 0 Å². The summed E-state index contributed by atoms with van der Waals surface area (Å²) in [6.45, 7) is 39.5. The zero-order valence-corrected chi connectivity index (χ0v) is 50.1. The Balaban J connectivity index is 1.09. The van der Waals surface area contributed by atoms with Crippen LogP contribution in [0.25, 0.3) is 11.1 Å². The van der Waals surface area contributed by atoms with Gasteiger partial charge in [0.25, 0.3) is 6.71 Å². The van der Waals surface area contributed by atoms with E-state index in [0.29, 0.717) is 0 Å². The second-order valence-corrected chi connectivity index (χ2v) is 30.3. The van der Waals surface area contributed by atoms with Crippen molar-refractivity contribution in [3.8, 4) is 11.1 Å². The van der Waals surface area contributed by atoms with Crippen molar-refractivity contribution in [2.24, 2.45) is 0 Å². The lowest BCUT2D eigenvalue weighted by Crippen LogP contribution is -2.62. The average Bonchev–Trinajstić information content (AvgIpc) is 3.91. The second-order valence-electron chi connectivity index (χ2n) is 30.3. The van der Waals surface area contributed by atoms with E-state index in [2.05, 4.69) is 247 Å². The molecule has 3 nitrogen and oxygen atoms in total. The van der Waals surface area contributed by atoms with E-state index in [9.17, 15) is 0 Å². The molecule has 0 N–H and O–H groups in total. The van der Waals surface area contributed by atoms with Crippen LogP contribution in [0.4, 0.5) is 45.5 Å². The van der Waals surface area contributed by atoms with Crippen molar-refractivity contribution in [3.63, 3.8) is 0 Å². The van der Waals surface area contributed by atoms with Gasteiger partial charge in [0, 0.05) is 56.2 Å². The van der Waals surface area contributed by atoms with E-state index in [4.69, 9.17) is 0 Å². The molecule has 398 valence electrons. The van der Waals surface area contributed by atoms with Gasteiger partial charge in [-0.1, -0.05) is 177 Å². The van der Waals surface area contributed by atoms with Gasteiger partial charge in [-0.15, -0.1) is 0 Å². The molecular formula is C74H84BN3. The van der Waals surface area contributed by atoms with Gasteiger partial charge in [-0.25, -0.2) is 0 Å². The summed E-state index contributed by atoms with van der Waals surface area (Å²) in [7, 11) is 0. The van der Waals surface area contributed by atoms with Gasteiger partial charge in [-0.05, 0) is 206 Å². The first kappa shape index (κ1) is 50.2. The van der Waals surface area contributed by atoms with Crippen LogP contribution in [0.3, 0.4) is 0 Å². The van der Waals surface area contributed by atoms with E-state index in [1.165, 1.54) is 168 Å². The number of hydrogen-bond acceptors (Lipinski definition) is 3. The minimum Gasteiger partial charge on any atom is -0.334 e. The van der Waals surface area contributed by atoms with Crippen LogP contribution < -0.4 is 31.1 Å². The maximum atomic E-state index is 2.83. The van der Waals surface area contributed by atoms with Gasteiger partial charge in [-0.2, -0.15) is 0 Å². The van der Waals surface area contributed by atoms with Gasteiger partial charge in [0.1, 0.15) is 0 Å². The molecule has 2 unspecified atom stereocenters. The number of anilines is 8. The van der Waals surface area contributed by atoms with Gasteiger partial charge in [0.15, 0.2) is 0 Å². The van der Waals surface area contributed by atoms with E-state index in [-0.39, 0.29) is 50.2 Å². The Kier molecular flexibility index (Phi) is 10.2. The molecule has 0 radical (unpaired) electrons. The van der Waals surface area contributed by atoms with Crippen LogP contribution in [0.15, 0.2) is 121 Å². The summed E-state index contributed by atoms with van der Waals surface area (Å²) in [5, 5.41) is 0. The Morgan fingerprint density at radius 3 is 1.73 bits per heavy atom. The van der Waals surface area contributed by atoms with E-state index in [1.807, 2.05) is 0 Å². The molecular weight excluding hydrogens is 942 g/mol. The highest BCUT2D eigenvalue weighted by molar-refractivity contribution is 7.00. The quantitative estimate of drug-likeness (QED) is 0.163. The number of fused-ring (bicyclic) bond motifs is 12. The molecule has 1 saturated carbocycles. The summed E-state index contributed by atoms with van der Waals surface area (Å²) in [4.78, 5) is 8.32. The molecule has 7 aromatic rings. The zero-order chi connectivity index (χ0) is 54.8. The summed E-state index contributed by atoms with van der Waals surface area (Å²) in [5.74, 6) is 0. The van der Waals surface area contributed by atoms with E-state index in [1.54, 1.807) is 0 Å². The molecule has 7 aliphatic rings. The first-order valence-corrected chi connectivity index (χ1v) is 30.1. The number of nitrogens with zero attached hydrogens (tertiary/aromatic N) is 3. The fourth-order valence-corrected chi connectivity index (χ4v) is 17.1. The molecule has 7 aromatic carbocycles. The Labute approximate surface area is 469 Å². The molecule has 0 bridgehead atoms. The molecule has 0 saturated heterocycles. The van der Waals surface area contributed by atoms with Gasteiger partial charge >= 0.3 is 0 Å². The molecule has 14 rings (SSSR count). The van der Waals surface area contributed by atoms with Crippen LogP contribution in [-0.4, -0.2) is 12.3 Å². The minimum atomic E-state index is -0.146. The summed E-state index contributed by atoms with van der Waals surface area (Å²) in [6.07, 6.45) is 9.60.